The van der Waals surface area contributed by atoms with Crippen molar-refractivity contribution in [1.29, 1.82) is 0 Å². The summed E-state index contributed by atoms with van der Waals surface area (Å²) in [5, 5.41) is 4.38. The van der Waals surface area contributed by atoms with E-state index in [4.69, 9.17) is 5.73 Å². The first-order chi connectivity index (χ1) is 6.18. The van der Waals surface area contributed by atoms with Gasteiger partial charge in [0.1, 0.15) is 0 Å². The van der Waals surface area contributed by atoms with Gasteiger partial charge in [0.05, 0.1) is 11.7 Å². The summed E-state index contributed by atoms with van der Waals surface area (Å²) in [6.45, 7) is 5.08. The quantitative estimate of drug-likeness (QED) is 0.763. The van der Waals surface area contributed by atoms with E-state index in [9.17, 15) is 0 Å². The fraction of sp³-hybridized carbons (Fsp3) is 0.700. The Bertz CT molecular complexity index is 297. The summed E-state index contributed by atoms with van der Waals surface area (Å²) >= 11 is 0. The molecule has 0 unspecified atom stereocenters. The summed E-state index contributed by atoms with van der Waals surface area (Å²) in [7, 11) is 0. The zero-order valence-corrected chi connectivity index (χ0v) is 8.33. The fourth-order valence-corrected chi connectivity index (χ4v) is 1.57. The molecule has 3 nitrogen and oxygen atoms in total. The lowest BCUT2D eigenvalue weighted by Crippen LogP contribution is -2.27. The Morgan fingerprint density at radius 1 is 1.62 bits per heavy atom. The lowest BCUT2D eigenvalue weighted by atomic mass is 10.1. The average molecular weight is 179 g/mol. The lowest BCUT2D eigenvalue weighted by Gasteiger charge is -2.12. The predicted molar refractivity (Wildman–Crippen MR) is 52.6 cm³/mol. The number of rotatable bonds is 3. The van der Waals surface area contributed by atoms with Gasteiger partial charge in [-0.2, -0.15) is 5.10 Å². The second kappa shape index (κ2) is 2.84. The molecule has 0 spiro atoms. The molecule has 0 amide bonds. The highest BCUT2D eigenvalue weighted by Crippen LogP contribution is 2.42. The SMILES string of the molecule is CC(C)c1cnn(C2(CN)CC2)c1. The molecule has 0 bridgehead atoms. The Labute approximate surface area is 78.9 Å². The van der Waals surface area contributed by atoms with Crippen LogP contribution in [0.1, 0.15) is 38.2 Å². The molecule has 1 heterocycles. The standard InChI is InChI=1S/C10H17N3/c1-8(2)9-5-12-13(6-9)10(7-11)3-4-10/h5-6,8H,3-4,7,11H2,1-2H3. The lowest BCUT2D eigenvalue weighted by molar-refractivity contribution is 0.441. The molecule has 0 radical (unpaired) electrons. The third-order valence-corrected chi connectivity index (χ3v) is 2.96. The minimum Gasteiger partial charge on any atom is -0.328 e. The summed E-state index contributed by atoms with van der Waals surface area (Å²) in [6, 6.07) is 0. The monoisotopic (exact) mass is 179 g/mol. The molecular weight excluding hydrogens is 162 g/mol. The summed E-state index contributed by atoms with van der Waals surface area (Å²) in [4.78, 5) is 0. The highest BCUT2D eigenvalue weighted by Gasteiger charge is 2.44. The maximum Gasteiger partial charge on any atom is 0.0751 e. The molecular formula is C10H17N3. The van der Waals surface area contributed by atoms with Gasteiger partial charge in [0.15, 0.2) is 0 Å². The van der Waals surface area contributed by atoms with Crippen molar-refractivity contribution < 1.29 is 0 Å². The van der Waals surface area contributed by atoms with Crippen LogP contribution in [0.4, 0.5) is 0 Å². The Kier molecular flexibility index (Phi) is 1.91. The van der Waals surface area contributed by atoms with Crippen LogP contribution in [-0.2, 0) is 5.54 Å². The first-order valence-electron chi connectivity index (χ1n) is 4.93. The van der Waals surface area contributed by atoms with Crippen molar-refractivity contribution in [3.63, 3.8) is 0 Å². The molecule has 2 N–H and O–H groups in total. The van der Waals surface area contributed by atoms with E-state index in [1.54, 1.807) is 0 Å². The van der Waals surface area contributed by atoms with Crippen LogP contribution in [0.2, 0.25) is 0 Å². The summed E-state index contributed by atoms with van der Waals surface area (Å²) in [5.41, 5.74) is 7.20. The van der Waals surface area contributed by atoms with E-state index in [0.29, 0.717) is 12.5 Å². The highest BCUT2D eigenvalue weighted by molar-refractivity contribution is 5.13. The van der Waals surface area contributed by atoms with E-state index in [0.717, 1.165) is 0 Å². The van der Waals surface area contributed by atoms with Crippen LogP contribution in [-0.4, -0.2) is 16.3 Å². The minimum absolute atomic E-state index is 0.174. The first kappa shape index (κ1) is 8.75. The van der Waals surface area contributed by atoms with Crippen molar-refractivity contribution in [2.75, 3.05) is 6.54 Å². The van der Waals surface area contributed by atoms with Gasteiger partial charge < -0.3 is 5.73 Å². The van der Waals surface area contributed by atoms with Crippen molar-refractivity contribution in [3.8, 4) is 0 Å². The molecule has 1 saturated carbocycles. The van der Waals surface area contributed by atoms with E-state index in [1.165, 1.54) is 18.4 Å². The molecule has 1 fully saturated rings. The minimum atomic E-state index is 0.174. The van der Waals surface area contributed by atoms with Gasteiger partial charge in [0, 0.05) is 12.7 Å². The van der Waals surface area contributed by atoms with Crippen molar-refractivity contribution in [1.82, 2.24) is 9.78 Å². The number of nitrogens with zero attached hydrogens (tertiary/aromatic N) is 2. The Morgan fingerprint density at radius 2 is 2.31 bits per heavy atom. The second-order valence-electron chi connectivity index (χ2n) is 4.30. The first-order valence-corrected chi connectivity index (χ1v) is 4.93. The zero-order chi connectivity index (χ0) is 9.47. The molecule has 2 rings (SSSR count). The third kappa shape index (κ3) is 1.37. The second-order valence-corrected chi connectivity index (χ2v) is 4.30. The van der Waals surface area contributed by atoms with Crippen molar-refractivity contribution in [3.05, 3.63) is 18.0 Å². The molecule has 72 valence electrons. The highest BCUT2D eigenvalue weighted by atomic mass is 15.3. The van der Waals surface area contributed by atoms with Crippen LogP contribution in [0.5, 0.6) is 0 Å². The van der Waals surface area contributed by atoms with Crippen LogP contribution in [0.15, 0.2) is 12.4 Å². The van der Waals surface area contributed by atoms with E-state index in [1.807, 2.05) is 6.20 Å². The van der Waals surface area contributed by atoms with Crippen molar-refractivity contribution in [2.24, 2.45) is 5.73 Å². The van der Waals surface area contributed by atoms with Crippen LogP contribution in [0.3, 0.4) is 0 Å². The van der Waals surface area contributed by atoms with Gasteiger partial charge in [-0.3, -0.25) is 4.68 Å². The molecule has 3 heteroatoms. The van der Waals surface area contributed by atoms with Gasteiger partial charge in [-0.1, -0.05) is 13.8 Å². The Balaban J connectivity index is 2.23. The van der Waals surface area contributed by atoms with Gasteiger partial charge in [-0.15, -0.1) is 0 Å². The van der Waals surface area contributed by atoms with E-state index < -0.39 is 0 Å². The number of aromatic nitrogens is 2. The van der Waals surface area contributed by atoms with Gasteiger partial charge in [0.2, 0.25) is 0 Å². The van der Waals surface area contributed by atoms with Gasteiger partial charge in [0.25, 0.3) is 0 Å². The van der Waals surface area contributed by atoms with Crippen LogP contribution in [0.25, 0.3) is 0 Å². The smallest absolute Gasteiger partial charge is 0.0751 e. The summed E-state index contributed by atoms with van der Waals surface area (Å²) in [6.07, 6.45) is 6.47. The molecule has 0 aromatic carbocycles. The Morgan fingerprint density at radius 3 is 2.69 bits per heavy atom. The van der Waals surface area contributed by atoms with Crippen LogP contribution in [0, 0.1) is 0 Å². The van der Waals surface area contributed by atoms with E-state index in [2.05, 4.69) is 29.8 Å². The van der Waals surface area contributed by atoms with Crippen molar-refractivity contribution >= 4 is 0 Å². The normalized spacial score (nSPS) is 19.4. The van der Waals surface area contributed by atoms with Crippen molar-refractivity contribution in [2.45, 2.75) is 38.1 Å². The maximum atomic E-state index is 5.73. The maximum absolute atomic E-state index is 5.73. The van der Waals surface area contributed by atoms with Gasteiger partial charge in [-0.25, -0.2) is 0 Å². The predicted octanol–water partition coefficient (Wildman–Crippen LogP) is 1.45. The van der Waals surface area contributed by atoms with E-state index >= 15 is 0 Å². The van der Waals surface area contributed by atoms with Crippen LogP contribution < -0.4 is 5.73 Å². The summed E-state index contributed by atoms with van der Waals surface area (Å²) in [5.74, 6) is 0.558. The molecule has 0 saturated heterocycles. The molecule has 13 heavy (non-hydrogen) atoms. The molecule has 1 aliphatic rings. The largest absolute Gasteiger partial charge is 0.328 e. The van der Waals surface area contributed by atoms with E-state index in [-0.39, 0.29) is 5.54 Å². The fourth-order valence-electron chi connectivity index (χ4n) is 1.57. The molecule has 1 aliphatic carbocycles. The average Bonchev–Trinajstić information content (AvgIpc) is 2.75. The molecule has 1 aromatic rings. The number of hydrogen-bond donors (Lipinski definition) is 1. The molecule has 0 aliphatic heterocycles. The number of nitrogens with two attached hydrogens (primary N) is 1. The third-order valence-electron chi connectivity index (χ3n) is 2.96. The Hall–Kier alpha value is -0.830. The topological polar surface area (TPSA) is 43.8 Å². The zero-order valence-electron chi connectivity index (χ0n) is 8.33. The van der Waals surface area contributed by atoms with Gasteiger partial charge in [-0.05, 0) is 24.3 Å². The molecule has 1 aromatic heterocycles. The summed E-state index contributed by atoms with van der Waals surface area (Å²) < 4.78 is 2.06. The molecule has 0 atom stereocenters. The number of hydrogen-bond acceptors (Lipinski definition) is 2. The van der Waals surface area contributed by atoms with Crippen LogP contribution >= 0.6 is 0 Å². The van der Waals surface area contributed by atoms with Gasteiger partial charge >= 0.3 is 0 Å².